The maximum Gasteiger partial charge on any atom is 0.543 e. The molecule has 0 aromatic heterocycles. The van der Waals surface area contributed by atoms with Gasteiger partial charge >= 0.3 is 12.1 Å². The average Bonchev–Trinajstić information content (AvgIpc) is 2.76. The van der Waals surface area contributed by atoms with Gasteiger partial charge in [-0.2, -0.15) is 0 Å². The van der Waals surface area contributed by atoms with Crippen molar-refractivity contribution in [1.29, 1.82) is 0 Å². The van der Waals surface area contributed by atoms with Crippen molar-refractivity contribution in [2.45, 2.75) is 58.3 Å². The molecule has 0 unspecified atom stereocenters. The Hall–Kier alpha value is -2.68. The summed E-state index contributed by atoms with van der Waals surface area (Å²) >= 11 is 0. The van der Waals surface area contributed by atoms with E-state index in [-0.39, 0.29) is 23.7 Å². The molecule has 1 rings (SSSR count). The van der Waals surface area contributed by atoms with Crippen LogP contribution in [0.2, 0.25) is 0 Å². The summed E-state index contributed by atoms with van der Waals surface area (Å²) in [6.45, 7) is 2.40. The topological polar surface area (TPSA) is 98.8 Å². The van der Waals surface area contributed by atoms with Gasteiger partial charge in [-0.3, -0.25) is 4.89 Å². The third-order valence-electron chi connectivity index (χ3n) is 4.33. The molecule has 0 radical (unpaired) electrons. The first-order valence-electron chi connectivity index (χ1n) is 10.1. The molecule has 0 aliphatic rings. The first kappa shape index (κ1) is 25.4. The van der Waals surface area contributed by atoms with Gasteiger partial charge in [-0.1, -0.05) is 51.9 Å². The quantitative estimate of drug-likeness (QED) is 0.165. The van der Waals surface area contributed by atoms with Crippen LogP contribution in [0.3, 0.4) is 0 Å². The molecule has 0 fully saturated rings. The van der Waals surface area contributed by atoms with E-state index in [1.54, 1.807) is 0 Å². The first-order valence-corrected chi connectivity index (χ1v) is 10.1. The third kappa shape index (κ3) is 9.21. The SMILES string of the molecule is CCCCCCCCCCOC(=O)OOOC(=O)c1cc(OC)c(OC)c(OC)c1. The Kier molecular flexibility index (Phi) is 12.8. The largest absolute Gasteiger partial charge is 0.543 e. The molecule has 0 N–H and O–H groups in total. The third-order valence-corrected chi connectivity index (χ3v) is 4.33. The van der Waals surface area contributed by atoms with E-state index in [0.717, 1.165) is 19.3 Å². The molecule has 9 heteroatoms. The van der Waals surface area contributed by atoms with Gasteiger partial charge in [0.25, 0.3) is 0 Å². The number of carbonyl (C=O) groups excluding carboxylic acids is 2. The second kappa shape index (κ2) is 15.2. The van der Waals surface area contributed by atoms with Crippen molar-refractivity contribution in [3.05, 3.63) is 17.7 Å². The van der Waals surface area contributed by atoms with Crippen molar-refractivity contribution in [3.63, 3.8) is 0 Å². The average molecular weight is 428 g/mol. The summed E-state index contributed by atoms with van der Waals surface area (Å²) in [7, 11) is 4.26. The molecule has 0 saturated carbocycles. The second-order valence-corrected chi connectivity index (χ2v) is 6.51. The van der Waals surface area contributed by atoms with Gasteiger partial charge in [0, 0.05) is 0 Å². The molecule has 0 heterocycles. The van der Waals surface area contributed by atoms with Crippen molar-refractivity contribution < 1.29 is 43.3 Å². The minimum absolute atomic E-state index is 0.0420. The zero-order chi connectivity index (χ0) is 22.2. The zero-order valence-corrected chi connectivity index (χ0v) is 18.2. The predicted molar refractivity (Wildman–Crippen MR) is 108 cm³/mol. The highest BCUT2D eigenvalue weighted by Gasteiger charge is 2.19. The lowest BCUT2D eigenvalue weighted by Gasteiger charge is -2.13. The highest BCUT2D eigenvalue weighted by molar-refractivity contribution is 5.90. The van der Waals surface area contributed by atoms with Gasteiger partial charge in [-0.05, 0) is 18.6 Å². The van der Waals surface area contributed by atoms with Gasteiger partial charge < -0.3 is 18.9 Å². The van der Waals surface area contributed by atoms with Crippen LogP contribution in [-0.4, -0.2) is 40.1 Å². The Morgan fingerprint density at radius 2 is 1.33 bits per heavy atom. The molecular formula is C21H32O9. The monoisotopic (exact) mass is 428 g/mol. The molecule has 0 aliphatic carbocycles. The van der Waals surface area contributed by atoms with Crippen LogP contribution in [0.5, 0.6) is 17.2 Å². The van der Waals surface area contributed by atoms with E-state index in [0.29, 0.717) is 5.75 Å². The lowest BCUT2D eigenvalue weighted by molar-refractivity contribution is -0.452. The Balaban J connectivity index is 2.27. The summed E-state index contributed by atoms with van der Waals surface area (Å²) in [4.78, 5) is 32.2. The fraction of sp³-hybridized carbons (Fsp3) is 0.619. The molecule has 0 saturated heterocycles. The van der Waals surface area contributed by atoms with Gasteiger partial charge in [-0.15, -0.1) is 0 Å². The minimum Gasteiger partial charge on any atom is -0.493 e. The van der Waals surface area contributed by atoms with Crippen LogP contribution in [-0.2, 0) is 19.6 Å². The molecule has 0 bridgehead atoms. The standard InChI is InChI=1S/C21H32O9/c1-5-6-7-8-9-10-11-12-13-27-21(23)29-30-28-20(22)16-14-17(24-2)19(26-4)18(15-16)25-3/h14-15H,5-13H2,1-4H3. The number of hydrogen-bond acceptors (Lipinski definition) is 9. The molecule has 0 atom stereocenters. The lowest BCUT2D eigenvalue weighted by atomic mass is 10.1. The first-order chi connectivity index (χ1) is 14.6. The number of ether oxygens (including phenoxy) is 4. The number of hydrogen-bond donors (Lipinski definition) is 0. The fourth-order valence-electron chi connectivity index (χ4n) is 2.74. The normalized spacial score (nSPS) is 10.3. The van der Waals surface area contributed by atoms with Crippen LogP contribution in [0.15, 0.2) is 12.1 Å². The van der Waals surface area contributed by atoms with Crippen LogP contribution >= 0.6 is 0 Å². The van der Waals surface area contributed by atoms with Gasteiger partial charge in [0.05, 0.1) is 38.5 Å². The van der Waals surface area contributed by atoms with E-state index in [4.69, 9.17) is 18.9 Å². The summed E-state index contributed by atoms with van der Waals surface area (Å²) in [5, 5.41) is 4.21. The number of methoxy groups -OCH3 is 3. The van der Waals surface area contributed by atoms with Crippen LogP contribution in [0.1, 0.15) is 68.6 Å². The number of benzene rings is 1. The molecular weight excluding hydrogens is 396 g/mol. The van der Waals surface area contributed by atoms with E-state index in [2.05, 4.69) is 21.7 Å². The van der Waals surface area contributed by atoms with Crippen LogP contribution in [0.4, 0.5) is 4.79 Å². The molecule has 30 heavy (non-hydrogen) atoms. The Morgan fingerprint density at radius 3 is 1.87 bits per heavy atom. The van der Waals surface area contributed by atoms with Gasteiger partial charge in [0.1, 0.15) is 0 Å². The summed E-state index contributed by atoms with van der Waals surface area (Å²) in [5.74, 6) is -0.0904. The molecule has 1 aromatic carbocycles. The van der Waals surface area contributed by atoms with E-state index >= 15 is 0 Å². The van der Waals surface area contributed by atoms with Gasteiger partial charge in [-0.25, -0.2) is 14.5 Å². The maximum absolute atomic E-state index is 12.1. The van der Waals surface area contributed by atoms with Crippen LogP contribution in [0.25, 0.3) is 0 Å². The van der Waals surface area contributed by atoms with Crippen molar-refractivity contribution in [2.24, 2.45) is 0 Å². The lowest BCUT2D eigenvalue weighted by Crippen LogP contribution is -2.13. The van der Waals surface area contributed by atoms with Crippen molar-refractivity contribution in [1.82, 2.24) is 0 Å². The smallest absolute Gasteiger partial charge is 0.493 e. The molecule has 170 valence electrons. The number of rotatable bonds is 15. The molecule has 1 aromatic rings. The maximum atomic E-state index is 12.1. The summed E-state index contributed by atoms with van der Waals surface area (Å²) in [5.41, 5.74) is 0.0420. The van der Waals surface area contributed by atoms with E-state index in [9.17, 15) is 9.59 Å². The van der Waals surface area contributed by atoms with E-state index in [1.807, 2.05) is 0 Å². The predicted octanol–water partition coefficient (Wildman–Crippen LogP) is 5.01. The number of unbranched alkanes of at least 4 members (excludes halogenated alkanes) is 7. The van der Waals surface area contributed by atoms with Crippen LogP contribution < -0.4 is 14.2 Å². The van der Waals surface area contributed by atoms with Crippen LogP contribution in [0, 0.1) is 0 Å². The second-order valence-electron chi connectivity index (χ2n) is 6.51. The van der Waals surface area contributed by atoms with Crippen molar-refractivity contribution in [2.75, 3.05) is 27.9 Å². The molecule has 0 aliphatic heterocycles. The van der Waals surface area contributed by atoms with E-state index in [1.165, 1.54) is 65.6 Å². The molecule has 0 spiro atoms. The summed E-state index contributed by atoms with van der Waals surface area (Å²) in [6, 6.07) is 2.74. The minimum atomic E-state index is -1.09. The highest BCUT2D eigenvalue weighted by Crippen LogP contribution is 2.38. The fourth-order valence-corrected chi connectivity index (χ4v) is 2.74. The van der Waals surface area contributed by atoms with Crippen molar-refractivity contribution >= 4 is 12.1 Å². The Morgan fingerprint density at radius 1 is 0.767 bits per heavy atom. The van der Waals surface area contributed by atoms with Gasteiger partial charge in [0.2, 0.25) is 5.75 Å². The van der Waals surface area contributed by atoms with E-state index < -0.39 is 12.1 Å². The summed E-state index contributed by atoms with van der Waals surface area (Å²) < 4.78 is 20.3. The van der Waals surface area contributed by atoms with Gasteiger partial charge in [0.15, 0.2) is 11.5 Å². The Bertz CT molecular complexity index is 620. The Labute approximate surface area is 177 Å². The highest BCUT2D eigenvalue weighted by atomic mass is 17.5. The molecule has 0 amide bonds. The number of carbonyl (C=O) groups is 2. The summed E-state index contributed by atoms with van der Waals surface area (Å²) in [6.07, 6.45) is 7.91. The molecule has 9 nitrogen and oxygen atoms in total. The zero-order valence-electron chi connectivity index (χ0n) is 18.2. The van der Waals surface area contributed by atoms with Crippen molar-refractivity contribution in [3.8, 4) is 17.2 Å².